The summed E-state index contributed by atoms with van der Waals surface area (Å²) in [5.74, 6) is 0. The van der Waals surface area contributed by atoms with Gasteiger partial charge in [-0.15, -0.1) is 0 Å². The number of hydrogen-bond acceptors (Lipinski definition) is 6. The van der Waals surface area contributed by atoms with Crippen molar-refractivity contribution in [2.45, 2.75) is 31.5 Å². The lowest BCUT2D eigenvalue weighted by atomic mass is 10.1. The Morgan fingerprint density at radius 1 is 1.50 bits per heavy atom. The van der Waals surface area contributed by atoms with Gasteiger partial charge in [-0.25, -0.2) is 0 Å². The lowest BCUT2D eigenvalue weighted by molar-refractivity contribution is -0.0542. The maximum absolute atomic E-state index is 11.3. The van der Waals surface area contributed by atoms with Crippen molar-refractivity contribution in [3.63, 3.8) is 0 Å². The van der Waals surface area contributed by atoms with Gasteiger partial charge < -0.3 is 20.1 Å². The quantitative estimate of drug-likeness (QED) is 0.506. The molecule has 1 aromatic rings. The lowest BCUT2D eigenvalue weighted by Gasteiger charge is -2.18. The van der Waals surface area contributed by atoms with Crippen molar-refractivity contribution < 1.29 is 20.1 Å². The van der Waals surface area contributed by atoms with Crippen LogP contribution in [0.3, 0.4) is 0 Å². The smallest absolute Gasteiger partial charge is 0.254 e. The number of nitrogens with one attached hydrogen (secondary N) is 1. The molecule has 1 aromatic heterocycles. The van der Waals surface area contributed by atoms with E-state index in [9.17, 15) is 15.0 Å². The van der Waals surface area contributed by atoms with Crippen LogP contribution < -0.4 is 5.56 Å². The van der Waals surface area contributed by atoms with E-state index >= 15 is 0 Å². The third-order valence-electron chi connectivity index (χ3n) is 2.94. The van der Waals surface area contributed by atoms with Gasteiger partial charge >= 0.3 is 0 Å². The molecule has 18 heavy (non-hydrogen) atoms. The van der Waals surface area contributed by atoms with E-state index in [-0.39, 0.29) is 10.3 Å². The molecular weight excluding hydrogens is 260 g/mol. The van der Waals surface area contributed by atoms with Gasteiger partial charge in [-0.2, -0.15) is 0 Å². The van der Waals surface area contributed by atoms with Gasteiger partial charge in [-0.05, 0) is 19.1 Å². The highest BCUT2D eigenvalue weighted by Gasteiger charge is 2.43. The number of nitrogens with zero attached hydrogens (tertiary/aromatic N) is 1. The predicted octanol–water partition coefficient (Wildman–Crippen LogP) is -1.17. The van der Waals surface area contributed by atoms with Gasteiger partial charge in [-0.1, -0.05) is 0 Å². The molecule has 0 saturated carbocycles. The van der Waals surface area contributed by atoms with Crippen LogP contribution in [0.1, 0.15) is 11.8 Å². The van der Waals surface area contributed by atoms with E-state index < -0.39 is 31.1 Å². The largest absolute Gasteiger partial charge is 0.394 e. The first-order valence-electron chi connectivity index (χ1n) is 5.40. The summed E-state index contributed by atoms with van der Waals surface area (Å²) in [6.07, 6.45) is -2.78. The summed E-state index contributed by atoms with van der Waals surface area (Å²) < 4.78 is 6.76. The van der Waals surface area contributed by atoms with Gasteiger partial charge in [0, 0.05) is 11.8 Å². The van der Waals surface area contributed by atoms with Crippen LogP contribution in [0.25, 0.3) is 0 Å². The second kappa shape index (κ2) is 4.90. The van der Waals surface area contributed by atoms with E-state index in [2.05, 4.69) is 4.98 Å². The van der Waals surface area contributed by atoms with Crippen molar-refractivity contribution in [3.05, 3.63) is 26.9 Å². The Hall–Kier alpha value is -1.06. The Balaban J connectivity index is 2.42. The Morgan fingerprint density at radius 2 is 2.17 bits per heavy atom. The molecule has 0 radical (unpaired) electrons. The predicted molar refractivity (Wildman–Crippen MR) is 63.6 cm³/mol. The van der Waals surface area contributed by atoms with Crippen molar-refractivity contribution in [1.29, 1.82) is 0 Å². The van der Waals surface area contributed by atoms with Gasteiger partial charge in [0.15, 0.2) is 11.0 Å². The molecule has 0 aliphatic carbocycles. The summed E-state index contributed by atoms with van der Waals surface area (Å²) in [4.78, 5) is 13.8. The average Bonchev–Trinajstić information content (AvgIpc) is 2.61. The first-order chi connectivity index (χ1) is 8.45. The van der Waals surface area contributed by atoms with Crippen molar-refractivity contribution in [2.24, 2.45) is 0 Å². The standard InChI is InChI=1S/C10H14N2O5S/c1-4-2-12(10(18)11-8(4)16)9-7(15)6(14)5(3-13)17-9/h2,5-7,9,13-15H,3H2,1H3,(H,11,16,18)/t5-,6-,7-,9-/m1/s1. The SMILES string of the molecule is Cc1cn([C@@H]2O[C@H](CO)[C@@H](O)[C@H]2O)c(=S)[nH]c1=O. The minimum atomic E-state index is -1.22. The normalized spacial score (nSPS) is 31.8. The van der Waals surface area contributed by atoms with Crippen molar-refractivity contribution >= 4 is 12.2 Å². The van der Waals surface area contributed by atoms with Crippen LogP contribution >= 0.6 is 12.2 Å². The maximum Gasteiger partial charge on any atom is 0.254 e. The highest BCUT2D eigenvalue weighted by atomic mass is 32.1. The zero-order chi connectivity index (χ0) is 13.4. The van der Waals surface area contributed by atoms with Gasteiger partial charge in [0.25, 0.3) is 5.56 Å². The summed E-state index contributed by atoms with van der Waals surface area (Å²) in [5.41, 5.74) is 0.0873. The Kier molecular flexibility index (Phi) is 3.64. The fraction of sp³-hybridized carbons (Fsp3) is 0.600. The molecule has 1 aliphatic heterocycles. The lowest BCUT2D eigenvalue weighted by Crippen LogP contribution is -2.33. The summed E-state index contributed by atoms with van der Waals surface area (Å²) in [7, 11) is 0. The number of aliphatic hydroxyl groups excluding tert-OH is 3. The number of aromatic amines is 1. The molecule has 1 aliphatic rings. The molecule has 7 nitrogen and oxygen atoms in total. The number of hydrogen-bond donors (Lipinski definition) is 4. The van der Waals surface area contributed by atoms with Crippen molar-refractivity contribution in [2.75, 3.05) is 6.61 Å². The minimum absolute atomic E-state index is 0.0837. The van der Waals surface area contributed by atoms with Crippen LogP contribution in [0.2, 0.25) is 0 Å². The third kappa shape index (κ3) is 2.13. The Morgan fingerprint density at radius 3 is 2.72 bits per heavy atom. The fourth-order valence-electron chi connectivity index (χ4n) is 1.88. The summed E-state index contributed by atoms with van der Waals surface area (Å²) >= 11 is 4.97. The summed E-state index contributed by atoms with van der Waals surface area (Å²) in [6.45, 7) is 1.18. The molecule has 1 fully saturated rings. The van der Waals surface area contributed by atoms with E-state index in [1.165, 1.54) is 10.8 Å². The van der Waals surface area contributed by atoms with Crippen LogP contribution in [0.15, 0.2) is 11.0 Å². The second-order valence-corrected chi connectivity index (χ2v) is 4.59. The Labute approximate surface area is 107 Å². The molecule has 2 rings (SSSR count). The average molecular weight is 274 g/mol. The zero-order valence-electron chi connectivity index (χ0n) is 9.61. The second-order valence-electron chi connectivity index (χ2n) is 4.21. The fourth-order valence-corrected chi connectivity index (χ4v) is 2.13. The monoisotopic (exact) mass is 274 g/mol. The molecule has 4 atom stereocenters. The van der Waals surface area contributed by atoms with Crippen molar-refractivity contribution in [1.82, 2.24) is 9.55 Å². The van der Waals surface area contributed by atoms with Gasteiger partial charge in [-0.3, -0.25) is 14.3 Å². The van der Waals surface area contributed by atoms with Crippen LogP contribution in [-0.2, 0) is 4.74 Å². The number of ether oxygens (including phenoxy) is 1. The molecule has 2 heterocycles. The number of aromatic nitrogens is 2. The molecule has 8 heteroatoms. The Bertz CT molecular complexity index is 554. The minimum Gasteiger partial charge on any atom is -0.394 e. The number of aliphatic hydroxyl groups is 3. The number of aryl methyl sites for hydroxylation is 1. The zero-order valence-corrected chi connectivity index (χ0v) is 10.4. The molecule has 0 amide bonds. The van der Waals surface area contributed by atoms with Crippen LogP contribution in [0, 0.1) is 11.7 Å². The van der Waals surface area contributed by atoms with Gasteiger partial charge in [0.1, 0.15) is 18.3 Å². The topological polar surface area (TPSA) is 108 Å². The van der Waals surface area contributed by atoms with E-state index in [1.807, 2.05) is 0 Å². The molecule has 0 unspecified atom stereocenters. The molecule has 4 N–H and O–H groups in total. The summed E-state index contributed by atoms with van der Waals surface area (Å²) in [6, 6.07) is 0. The highest BCUT2D eigenvalue weighted by Crippen LogP contribution is 2.29. The van der Waals surface area contributed by atoms with E-state index in [4.69, 9.17) is 22.1 Å². The number of H-pyrrole nitrogens is 1. The van der Waals surface area contributed by atoms with Crippen molar-refractivity contribution in [3.8, 4) is 0 Å². The molecule has 100 valence electrons. The van der Waals surface area contributed by atoms with Gasteiger partial charge in [0.2, 0.25) is 0 Å². The molecular formula is C10H14N2O5S. The summed E-state index contributed by atoms with van der Waals surface area (Å²) in [5, 5.41) is 28.5. The molecule has 0 aromatic carbocycles. The first-order valence-corrected chi connectivity index (χ1v) is 5.81. The molecule has 0 bridgehead atoms. The van der Waals surface area contributed by atoms with Crippen LogP contribution in [0.5, 0.6) is 0 Å². The first kappa shape index (κ1) is 13.4. The third-order valence-corrected chi connectivity index (χ3v) is 3.25. The van der Waals surface area contributed by atoms with E-state index in [0.717, 1.165) is 0 Å². The van der Waals surface area contributed by atoms with Gasteiger partial charge in [0.05, 0.1) is 6.61 Å². The highest BCUT2D eigenvalue weighted by molar-refractivity contribution is 7.71. The molecule has 1 saturated heterocycles. The number of rotatable bonds is 2. The van der Waals surface area contributed by atoms with Crippen LogP contribution in [-0.4, -0.2) is 49.8 Å². The van der Waals surface area contributed by atoms with E-state index in [1.54, 1.807) is 6.92 Å². The molecule has 0 spiro atoms. The van der Waals surface area contributed by atoms with E-state index in [0.29, 0.717) is 5.56 Å². The van der Waals surface area contributed by atoms with Crippen LogP contribution in [0.4, 0.5) is 0 Å². The maximum atomic E-state index is 11.3.